The fraction of sp³-hybridized carbons (Fsp3) is 0.348. The van der Waals surface area contributed by atoms with E-state index in [4.69, 9.17) is 0 Å². The molecule has 0 radical (unpaired) electrons. The largest absolute Gasteiger partial charge is 0.388 e. The molecule has 0 saturated heterocycles. The minimum atomic E-state index is -0.912. The predicted molar refractivity (Wildman–Crippen MR) is 119 cm³/mol. The molecule has 164 valence electrons. The van der Waals surface area contributed by atoms with Crippen molar-refractivity contribution in [2.24, 2.45) is 0 Å². The molecule has 1 amide bonds. The highest BCUT2D eigenvalue weighted by molar-refractivity contribution is 6.01. The molecule has 5 rings (SSSR count). The number of fused-ring (bicyclic) bond motifs is 1. The summed E-state index contributed by atoms with van der Waals surface area (Å²) >= 11 is 0. The number of carbonyl (C=O) groups is 1. The van der Waals surface area contributed by atoms with Crippen LogP contribution in [0.1, 0.15) is 41.7 Å². The molecular weight excluding hydrogens is 406 g/mol. The van der Waals surface area contributed by atoms with Crippen LogP contribution in [0.3, 0.4) is 0 Å². The molecule has 2 atom stereocenters. The Morgan fingerprint density at radius 2 is 2.25 bits per heavy atom. The number of nitrogens with zero attached hydrogens (tertiary/aromatic N) is 5. The number of aromatic amines is 1. The number of amides is 1. The van der Waals surface area contributed by atoms with E-state index in [2.05, 4.69) is 30.6 Å². The molecule has 3 heterocycles. The van der Waals surface area contributed by atoms with Gasteiger partial charge in [0.2, 0.25) is 0 Å². The van der Waals surface area contributed by atoms with Gasteiger partial charge in [-0.15, -0.1) is 0 Å². The first-order chi connectivity index (χ1) is 15.5. The topological polar surface area (TPSA) is 122 Å². The number of nitrogens with one attached hydrogen (secondary N) is 2. The molecule has 1 aromatic carbocycles. The van der Waals surface area contributed by atoms with Gasteiger partial charge in [0.1, 0.15) is 18.3 Å². The van der Waals surface area contributed by atoms with Crippen molar-refractivity contribution in [2.75, 3.05) is 0 Å². The number of H-pyrrole nitrogens is 1. The Labute approximate surface area is 184 Å². The smallest absolute Gasteiger partial charge is 0.251 e. The van der Waals surface area contributed by atoms with E-state index in [0.29, 0.717) is 24.9 Å². The second kappa shape index (κ2) is 8.16. The third-order valence-corrected chi connectivity index (χ3v) is 6.07. The number of pyridine rings is 1. The van der Waals surface area contributed by atoms with Crippen LogP contribution in [0.4, 0.5) is 0 Å². The van der Waals surface area contributed by atoms with Crippen LogP contribution < -0.4 is 5.32 Å². The van der Waals surface area contributed by atoms with Crippen LogP contribution in [-0.2, 0) is 6.54 Å². The summed E-state index contributed by atoms with van der Waals surface area (Å²) in [5, 5.41) is 26.6. The van der Waals surface area contributed by atoms with Gasteiger partial charge in [0.05, 0.1) is 17.7 Å². The number of carbonyl (C=O) groups excluding carboxylic acids is 1. The Morgan fingerprint density at radius 3 is 3.06 bits per heavy atom. The molecule has 1 aliphatic carbocycles. The van der Waals surface area contributed by atoms with Crippen molar-refractivity contribution >= 4 is 16.8 Å². The minimum absolute atomic E-state index is 0.105. The van der Waals surface area contributed by atoms with Gasteiger partial charge in [0.15, 0.2) is 0 Å². The zero-order valence-electron chi connectivity index (χ0n) is 17.8. The van der Waals surface area contributed by atoms with Crippen LogP contribution in [0.15, 0.2) is 49.2 Å². The van der Waals surface area contributed by atoms with Crippen LogP contribution in [0, 0.1) is 6.92 Å². The molecule has 9 nitrogen and oxygen atoms in total. The number of hydrogen-bond acceptors (Lipinski definition) is 6. The van der Waals surface area contributed by atoms with Gasteiger partial charge >= 0.3 is 0 Å². The zero-order valence-corrected chi connectivity index (χ0v) is 17.8. The van der Waals surface area contributed by atoms with Gasteiger partial charge in [-0.25, -0.2) is 4.98 Å². The summed E-state index contributed by atoms with van der Waals surface area (Å²) in [6.45, 7) is 2.31. The Balaban J connectivity index is 1.34. The Morgan fingerprint density at radius 1 is 1.34 bits per heavy atom. The molecule has 0 spiro atoms. The van der Waals surface area contributed by atoms with Crippen molar-refractivity contribution in [3.8, 4) is 11.3 Å². The Hall–Kier alpha value is -3.59. The summed E-state index contributed by atoms with van der Waals surface area (Å²) in [6.07, 6.45) is 7.64. The lowest BCUT2D eigenvalue weighted by molar-refractivity contribution is -0.0238. The second-order valence-electron chi connectivity index (χ2n) is 8.60. The summed E-state index contributed by atoms with van der Waals surface area (Å²) in [5.41, 5.74) is 3.17. The number of aliphatic hydroxyl groups is 1. The highest BCUT2D eigenvalue weighted by Crippen LogP contribution is 2.31. The van der Waals surface area contributed by atoms with E-state index in [-0.39, 0.29) is 11.9 Å². The molecule has 9 heteroatoms. The summed E-state index contributed by atoms with van der Waals surface area (Å²) in [7, 11) is 0. The molecule has 4 aromatic rings. The lowest BCUT2D eigenvalue weighted by Gasteiger charge is -2.36. The molecule has 1 saturated carbocycles. The monoisotopic (exact) mass is 431 g/mol. The first-order valence-corrected chi connectivity index (χ1v) is 10.8. The van der Waals surface area contributed by atoms with Crippen LogP contribution in [-0.4, -0.2) is 52.6 Å². The normalized spacial score (nSPS) is 21.0. The average molecular weight is 432 g/mol. The van der Waals surface area contributed by atoms with Gasteiger partial charge in [-0.1, -0.05) is 0 Å². The maximum absolute atomic E-state index is 13.0. The molecule has 0 bridgehead atoms. The van der Waals surface area contributed by atoms with Crippen LogP contribution in [0.5, 0.6) is 0 Å². The number of rotatable bonds is 5. The third-order valence-electron chi connectivity index (χ3n) is 6.07. The van der Waals surface area contributed by atoms with E-state index >= 15 is 0 Å². The lowest BCUT2D eigenvalue weighted by Crippen LogP contribution is -2.47. The first kappa shape index (κ1) is 20.3. The van der Waals surface area contributed by atoms with Gasteiger partial charge in [-0.3, -0.25) is 19.6 Å². The van der Waals surface area contributed by atoms with Gasteiger partial charge < -0.3 is 10.4 Å². The van der Waals surface area contributed by atoms with Gasteiger partial charge in [0, 0.05) is 34.4 Å². The summed E-state index contributed by atoms with van der Waals surface area (Å²) < 4.78 is 1.64. The standard InChI is InChI=1S/C23H25N7O2/c1-15-9-16(6-8-25-15)21-19-10-17(4-5-20(19)28-29-21)22(31)27-18-3-2-7-23(32,11-18)12-30-14-24-13-26-30/h4-6,8-10,13-14,18,32H,2-3,7,11-12H2,1H3,(H,27,31)(H,28,29)/t18-,23+/m1/s1. The molecule has 3 N–H and O–H groups in total. The number of aryl methyl sites for hydroxylation is 1. The fourth-order valence-corrected chi connectivity index (χ4v) is 4.56. The highest BCUT2D eigenvalue weighted by atomic mass is 16.3. The van der Waals surface area contributed by atoms with Crippen molar-refractivity contribution in [1.29, 1.82) is 0 Å². The van der Waals surface area contributed by atoms with E-state index in [1.165, 1.54) is 6.33 Å². The van der Waals surface area contributed by atoms with E-state index < -0.39 is 5.60 Å². The van der Waals surface area contributed by atoms with Gasteiger partial charge in [-0.05, 0) is 62.9 Å². The summed E-state index contributed by atoms with van der Waals surface area (Å²) in [6, 6.07) is 9.31. The quantitative estimate of drug-likeness (QED) is 0.447. The van der Waals surface area contributed by atoms with Crippen LogP contribution in [0.25, 0.3) is 22.2 Å². The lowest BCUT2D eigenvalue weighted by atomic mass is 9.81. The molecule has 3 aromatic heterocycles. The molecule has 32 heavy (non-hydrogen) atoms. The third kappa shape index (κ3) is 4.11. The van der Waals surface area contributed by atoms with E-state index in [1.54, 1.807) is 23.3 Å². The zero-order chi connectivity index (χ0) is 22.1. The van der Waals surface area contributed by atoms with Crippen molar-refractivity contribution in [1.82, 2.24) is 35.3 Å². The van der Waals surface area contributed by atoms with Crippen molar-refractivity contribution in [3.05, 3.63) is 60.4 Å². The SMILES string of the molecule is Cc1cc(-c2n[nH]c3ccc(C(=O)N[C@@H]4CCC[C@@](O)(Cn5cncn5)C4)cc23)ccn1. The van der Waals surface area contributed by atoms with E-state index in [1.807, 2.05) is 31.2 Å². The predicted octanol–water partition coefficient (Wildman–Crippen LogP) is 2.63. The molecular formula is C23H25N7O2. The number of hydrogen-bond donors (Lipinski definition) is 3. The minimum Gasteiger partial charge on any atom is -0.388 e. The van der Waals surface area contributed by atoms with Gasteiger partial charge in [0.25, 0.3) is 5.91 Å². The molecule has 0 aliphatic heterocycles. The average Bonchev–Trinajstić information content (AvgIpc) is 3.42. The van der Waals surface area contributed by atoms with Crippen molar-refractivity contribution in [3.63, 3.8) is 0 Å². The summed E-state index contributed by atoms with van der Waals surface area (Å²) in [5.74, 6) is -0.153. The molecule has 1 fully saturated rings. The Kier molecular flexibility index (Phi) is 5.18. The van der Waals surface area contributed by atoms with Gasteiger partial charge in [-0.2, -0.15) is 10.2 Å². The maximum Gasteiger partial charge on any atom is 0.251 e. The maximum atomic E-state index is 13.0. The molecule has 0 unspecified atom stereocenters. The Bertz CT molecular complexity index is 1250. The first-order valence-electron chi connectivity index (χ1n) is 10.8. The fourth-order valence-electron chi connectivity index (χ4n) is 4.56. The van der Waals surface area contributed by atoms with Crippen LogP contribution in [0.2, 0.25) is 0 Å². The number of benzene rings is 1. The van der Waals surface area contributed by atoms with E-state index in [9.17, 15) is 9.90 Å². The molecule has 1 aliphatic rings. The van der Waals surface area contributed by atoms with Crippen molar-refractivity contribution < 1.29 is 9.90 Å². The summed E-state index contributed by atoms with van der Waals surface area (Å²) in [4.78, 5) is 21.2. The highest BCUT2D eigenvalue weighted by Gasteiger charge is 2.35. The van der Waals surface area contributed by atoms with E-state index in [0.717, 1.165) is 40.7 Å². The number of aromatic nitrogens is 6. The van der Waals surface area contributed by atoms with Crippen LogP contribution >= 0.6 is 0 Å². The van der Waals surface area contributed by atoms with Crippen molar-refractivity contribution in [2.45, 2.75) is 50.8 Å². The second-order valence-corrected chi connectivity index (χ2v) is 8.60.